The van der Waals surface area contributed by atoms with Crippen molar-refractivity contribution in [2.75, 3.05) is 11.9 Å². The highest BCUT2D eigenvalue weighted by Gasteiger charge is 2.07. The van der Waals surface area contributed by atoms with Gasteiger partial charge in [-0.25, -0.2) is 0 Å². The summed E-state index contributed by atoms with van der Waals surface area (Å²) in [6, 6.07) is 8.45. The molecule has 0 atom stereocenters. The Balaban J connectivity index is 1.84. The van der Waals surface area contributed by atoms with Gasteiger partial charge in [-0.2, -0.15) is 10.1 Å². The first-order chi connectivity index (χ1) is 9.17. The average Bonchev–Trinajstić information content (AvgIpc) is 2.82. The second kappa shape index (κ2) is 5.59. The molecule has 0 unspecified atom stereocenters. The van der Waals surface area contributed by atoms with Crippen molar-refractivity contribution < 1.29 is 9.53 Å². The summed E-state index contributed by atoms with van der Waals surface area (Å²) >= 11 is 0. The number of amides is 1. The lowest BCUT2D eigenvalue weighted by atomic mass is 10.2. The van der Waals surface area contributed by atoms with Gasteiger partial charge in [0.2, 0.25) is 0 Å². The Labute approximate surface area is 108 Å². The van der Waals surface area contributed by atoms with Gasteiger partial charge in [0, 0.05) is 0 Å². The van der Waals surface area contributed by atoms with Crippen molar-refractivity contribution in [2.45, 2.75) is 0 Å². The fraction of sp³-hybridized carbons (Fsp3) is 0.182. The summed E-state index contributed by atoms with van der Waals surface area (Å²) in [4.78, 5) is 12.7. The van der Waals surface area contributed by atoms with Crippen LogP contribution in [0.4, 0.5) is 5.95 Å². The Morgan fingerprint density at radius 3 is 2.79 bits per heavy atom. The van der Waals surface area contributed by atoms with Gasteiger partial charge in [-0.3, -0.25) is 10.1 Å². The number of carbonyl (C=O) groups excluding carboxylic acids is 1. The summed E-state index contributed by atoms with van der Waals surface area (Å²) in [7, 11) is 1.59. The van der Waals surface area contributed by atoms with E-state index in [2.05, 4.69) is 20.7 Å². The fourth-order valence-corrected chi connectivity index (χ4v) is 1.27. The first kappa shape index (κ1) is 12.5. The van der Waals surface area contributed by atoms with Crippen molar-refractivity contribution in [1.82, 2.24) is 20.2 Å². The number of carbonyl (C=O) groups is 1. The van der Waals surface area contributed by atoms with E-state index < -0.39 is 5.91 Å². The highest BCUT2D eigenvalue weighted by Crippen LogP contribution is 2.11. The molecule has 19 heavy (non-hydrogen) atoms. The van der Waals surface area contributed by atoms with Gasteiger partial charge in [0.05, 0.1) is 18.7 Å². The van der Waals surface area contributed by atoms with Gasteiger partial charge in [-0.1, -0.05) is 5.10 Å². The van der Waals surface area contributed by atoms with Crippen molar-refractivity contribution in [3.63, 3.8) is 0 Å². The number of ether oxygens (including phenoxy) is 1. The van der Waals surface area contributed by atoms with Crippen LogP contribution in [0.15, 0.2) is 24.3 Å². The van der Waals surface area contributed by atoms with Crippen LogP contribution in [0.3, 0.4) is 0 Å². The van der Waals surface area contributed by atoms with Gasteiger partial charge in [-0.05, 0) is 29.5 Å². The molecule has 0 fully saturated rings. The van der Waals surface area contributed by atoms with Gasteiger partial charge in [0.25, 0.3) is 11.9 Å². The predicted octanol–water partition coefficient (Wildman–Crippen LogP) is 0.0993. The minimum absolute atomic E-state index is 0.121. The second-order valence-electron chi connectivity index (χ2n) is 3.58. The lowest BCUT2D eigenvalue weighted by molar-refractivity contribution is -0.118. The molecule has 1 heterocycles. The largest absolute Gasteiger partial charge is 0.484 e. The van der Waals surface area contributed by atoms with Crippen LogP contribution < -0.4 is 10.1 Å². The third-order valence-electron chi connectivity index (χ3n) is 2.11. The number of anilines is 1. The Morgan fingerprint density at radius 1 is 1.47 bits per heavy atom. The Kier molecular flexibility index (Phi) is 3.68. The van der Waals surface area contributed by atoms with Gasteiger partial charge in [0.15, 0.2) is 6.61 Å². The van der Waals surface area contributed by atoms with Crippen LogP contribution in [-0.4, -0.2) is 32.7 Å². The Morgan fingerprint density at radius 2 is 2.21 bits per heavy atom. The molecule has 0 spiro atoms. The molecule has 0 aliphatic rings. The van der Waals surface area contributed by atoms with Crippen LogP contribution in [0.2, 0.25) is 0 Å². The van der Waals surface area contributed by atoms with E-state index in [4.69, 9.17) is 10.00 Å². The molecule has 0 aliphatic carbocycles. The van der Waals surface area contributed by atoms with Crippen LogP contribution in [0.25, 0.3) is 0 Å². The predicted molar refractivity (Wildman–Crippen MR) is 64.1 cm³/mol. The van der Waals surface area contributed by atoms with Crippen LogP contribution in [0.1, 0.15) is 5.56 Å². The van der Waals surface area contributed by atoms with Gasteiger partial charge < -0.3 is 4.74 Å². The SMILES string of the molecule is Cn1nnc(NC(=O)COc2ccc(C#N)cc2)n1. The fourth-order valence-electron chi connectivity index (χ4n) is 1.27. The van der Waals surface area contributed by atoms with Gasteiger partial charge in [0.1, 0.15) is 5.75 Å². The first-order valence-electron chi connectivity index (χ1n) is 5.34. The number of rotatable bonds is 4. The van der Waals surface area contributed by atoms with Crippen molar-refractivity contribution in [3.05, 3.63) is 29.8 Å². The highest BCUT2D eigenvalue weighted by molar-refractivity contribution is 5.90. The number of aromatic nitrogens is 4. The number of benzene rings is 1. The molecule has 96 valence electrons. The van der Waals surface area contributed by atoms with E-state index in [0.717, 1.165) is 0 Å². The summed E-state index contributed by atoms with van der Waals surface area (Å²) in [5.74, 6) is 0.231. The van der Waals surface area contributed by atoms with Crippen LogP contribution in [-0.2, 0) is 11.8 Å². The van der Waals surface area contributed by atoms with Crippen molar-refractivity contribution in [3.8, 4) is 11.8 Å². The van der Waals surface area contributed by atoms with E-state index in [-0.39, 0.29) is 12.6 Å². The molecule has 1 amide bonds. The molecule has 0 bridgehead atoms. The van der Waals surface area contributed by atoms with E-state index >= 15 is 0 Å². The summed E-state index contributed by atoms with van der Waals surface area (Å²) < 4.78 is 5.24. The molecule has 1 aromatic carbocycles. The zero-order chi connectivity index (χ0) is 13.7. The zero-order valence-electron chi connectivity index (χ0n) is 10.1. The van der Waals surface area contributed by atoms with E-state index in [1.165, 1.54) is 4.80 Å². The number of hydrogen-bond acceptors (Lipinski definition) is 6. The average molecular weight is 258 g/mol. The standard InChI is InChI=1S/C11H10N6O2/c1-17-15-11(14-16-17)13-10(18)7-19-9-4-2-8(6-12)3-5-9/h2-5H,7H2,1H3,(H,13,15,18). The molecule has 0 saturated heterocycles. The minimum Gasteiger partial charge on any atom is -0.484 e. The molecular weight excluding hydrogens is 248 g/mol. The van der Waals surface area contributed by atoms with Crippen LogP contribution in [0.5, 0.6) is 5.75 Å². The maximum absolute atomic E-state index is 11.5. The number of nitrogens with one attached hydrogen (secondary N) is 1. The summed E-state index contributed by atoms with van der Waals surface area (Å²) in [5, 5.41) is 22.1. The van der Waals surface area contributed by atoms with Crippen LogP contribution >= 0.6 is 0 Å². The number of aryl methyl sites for hydroxylation is 1. The maximum Gasteiger partial charge on any atom is 0.270 e. The summed E-state index contributed by atoms with van der Waals surface area (Å²) in [6.07, 6.45) is 0. The van der Waals surface area contributed by atoms with Gasteiger partial charge in [-0.15, -0.1) is 5.10 Å². The van der Waals surface area contributed by atoms with E-state index in [9.17, 15) is 4.79 Å². The molecule has 2 aromatic rings. The highest BCUT2D eigenvalue weighted by atomic mass is 16.5. The summed E-state index contributed by atoms with van der Waals surface area (Å²) in [5.41, 5.74) is 0.528. The second-order valence-corrected chi connectivity index (χ2v) is 3.58. The van der Waals surface area contributed by atoms with Gasteiger partial charge >= 0.3 is 0 Å². The molecule has 8 nitrogen and oxygen atoms in total. The number of nitrogens with zero attached hydrogens (tertiary/aromatic N) is 5. The molecule has 1 aromatic heterocycles. The maximum atomic E-state index is 11.5. The van der Waals surface area contributed by atoms with Crippen molar-refractivity contribution in [1.29, 1.82) is 5.26 Å². The topological polar surface area (TPSA) is 106 Å². The first-order valence-corrected chi connectivity index (χ1v) is 5.34. The molecule has 0 radical (unpaired) electrons. The van der Waals surface area contributed by atoms with E-state index in [1.807, 2.05) is 6.07 Å². The molecule has 0 saturated carbocycles. The molecular formula is C11H10N6O2. The third-order valence-corrected chi connectivity index (χ3v) is 2.11. The summed E-state index contributed by atoms with van der Waals surface area (Å²) in [6.45, 7) is -0.176. The lowest BCUT2D eigenvalue weighted by Gasteiger charge is -2.04. The van der Waals surface area contributed by atoms with E-state index in [1.54, 1.807) is 31.3 Å². The normalized spacial score (nSPS) is 9.68. The number of nitriles is 1. The number of tetrazole rings is 1. The van der Waals surface area contributed by atoms with Crippen LogP contribution in [0, 0.1) is 11.3 Å². The lowest BCUT2D eigenvalue weighted by Crippen LogP contribution is -2.21. The quantitative estimate of drug-likeness (QED) is 0.833. The molecule has 1 N–H and O–H groups in total. The zero-order valence-corrected chi connectivity index (χ0v) is 10.1. The van der Waals surface area contributed by atoms with E-state index in [0.29, 0.717) is 11.3 Å². The monoisotopic (exact) mass is 258 g/mol. The smallest absolute Gasteiger partial charge is 0.270 e. The molecule has 0 aliphatic heterocycles. The van der Waals surface area contributed by atoms with Crippen molar-refractivity contribution in [2.24, 2.45) is 7.05 Å². The minimum atomic E-state index is -0.391. The Bertz CT molecular complexity index is 613. The third kappa shape index (κ3) is 3.50. The molecule has 8 heteroatoms. The number of hydrogen-bond donors (Lipinski definition) is 1. The molecule has 2 rings (SSSR count). The van der Waals surface area contributed by atoms with Crippen molar-refractivity contribution >= 4 is 11.9 Å². The Hall–Kier alpha value is -2.95.